The lowest BCUT2D eigenvalue weighted by Crippen LogP contribution is -2.27. The summed E-state index contributed by atoms with van der Waals surface area (Å²) in [6, 6.07) is 9.55. The standard InChI is InChI=1S/C14H19N3O/c1-2-15-7-8-16-10-11-9-14(18)17-13-6-4-3-5-12(11)13/h3-6,9,15-16H,2,7-8,10H2,1H3,(H,17,18). The highest BCUT2D eigenvalue weighted by atomic mass is 16.1. The van der Waals surface area contributed by atoms with Crippen molar-refractivity contribution in [3.05, 3.63) is 46.2 Å². The minimum absolute atomic E-state index is 0.0443. The number of hydrogen-bond donors (Lipinski definition) is 3. The number of likely N-dealkylation sites (N-methyl/N-ethyl adjacent to an activating group) is 1. The van der Waals surface area contributed by atoms with E-state index in [-0.39, 0.29) is 5.56 Å². The number of aromatic amines is 1. The summed E-state index contributed by atoms with van der Waals surface area (Å²) in [5.74, 6) is 0. The van der Waals surface area contributed by atoms with Crippen LogP contribution < -0.4 is 16.2 Å². The molecule has 0 aliphatic rings. The molecule has 1 heterocycles. The number of fused-ring (bicyclic) bond motifs is 1. The molecule has 3 N–H and O–H groups in total. The summed E-state index contributed by atoms with van der Waals surface area (Å²) in [6.07, 6.45) is 0. The minimum Gasteiger partial charge on any atom is -0.322 e. The lowest BCUT2D eigenvalue weighted by Gasteiger charge is -2.08. The Kier molecular flexibility index (Phi) is 4.50. The third kappa shape index (κ3) is 3.18. The molecule has 0 unspecified atom stereocenters. The van der Waals surface area contributed by atoms with Crippen LogP contribution in [0, 0.1) is 0 Å². The molecular formula is C14H19N3O. The molecule has 18 heavy (non-hydrogen) atoms. The number of pyridine rings is 1. The number of benzene rings is 1. The largest absolute Gasteiger partial charge is 0.322 e. The average molecular weight is 245 g/mol. The predicted octanol–water partition coefficient (Wildman–Crippen LogP) is 1.23. The van der Waals surface area contributed by atoms with Gasteiger partial charge in [-0.15, -0.1) is 0 Å². The summed E-state index contributed by atoms with van der Waals surface area (Å²) in [4.78, 5) is 14.4. The van der Waals surface area contributed by atoms with Crippen LogP contribution in [0.5, 0.6) is 0 Å². The van der Waals surface area contributed by atoms with Gasteiger partial charge >= 0.3 is 0 Å². The summed E-state index contributed by atoms with van der Waals surface area (Å²) in [5, 5.41) is 7.70. The fourth-order valence-corrected chi connectivity index (χ4v) is 2.00. The van der Waals surface area contributed by atoms with Gasteiger partial charge in [0, 0.05) is 36.6 Å². The van der Waals surface area contributed by atoms with E-state index in [4.69, 9.17) is 0 Å². The molecule has 1 aromatic heterocycles. The van der Waals surface area contributed by atoms with Gasteiger partial charge in [0.05, 0.1) is 0 Å². The molecule has 0 amide bonds. The Labute approximate surface area is 106 Å². The Morgan fingerprint density at radius 3 is 2.78 bits per heavy atom. The van der Waals surface area contributed by atoms with E-state index in [1.807, 2.05) is 24.3 Å². The molecule has 0 saturated heterocycles. The van der Waals surface area contributed by atoms with E-state index in [1.54, 1.807) is 6.07 Å². The number of H-pyrrole nitrogens is 1. The summed E-state index contributed by atoms with van der Waals surface area (Å²) < 4.78 is 0. The van der Waals surface area contributed by atoms with Gasteiger partial charge in [0.1, 0.15) is 0 Å². The second-order valence-electron chi connectivity index (χ2n) is 4.23. The van der Waals surface area contributed by atoms with Crippen molar-refractivity contribution in [2.45, 2.75) is 13.5 Å². The third-order valence-electron chi connectivity index (χ3n) is 2.88. The highest BCUT2D eigenvalue weighted by Gasteiger charge is 2.02. The van der Waals surface area contributed by atoms with Crippen molar-refractivity contribution in [3.63, 3.8) is 0 Å². The zero-order chi connectivity index (χ0) is 12.8. The zero-order valence-electron chi connectivity index (χ0n) is 10.6. The van der Waals surface area contributed by atoms with E-state index in [1.165, 1.54) is 0 Å². The van der Waals surface area contributed by atoms with Gasteiger partial charge < -0.3 is 15.6 Å². The highest BCUT2D eigenvalue weighted by Crippen LogP contribution is 2.13. The molecule has 1 aromatic carbocycles. The van der Waals surface area contributed by atoms with E-state index in [9.17, 15) is 4.79 Å². The van der Waals surface area contributed by atoms with E-state index in [0.29, 0.717) is 0 Å². The summed E-state index contributed by atoms with van der Waals surface area (Å²) in [7, 11) is 0. The van der Waals surface area contributed by atoms with Crippen LogP contribution in [0.15, 0.2) is 35.1 Å². The Hall–Kier alpha value is -1.65. The molecule has 0 spiro atoms. The van der Waals surface area contributed by atoms with E-state index >= 15 is 0 Å². The Balaban J connectivity index is 2.10. The quantitative estimate of drug-likeness (QED) is 0.671. The first-order valence-electron chi connectivity index (χ1n) is 6.33. The molecule has 2 rings (SSSR count). The van der Waals surface area contributed by atoms with Crippen molar-refractivity contribution in [2.24, 2.45) is 0 Å². The zero-order valence-corrected chi connectivity index (χ0v) is 10.6. The van der Waals surface area contributed by atoms with Crippen LogP contribution in [0.4, 0.5) is 0 Å². The Morgan fingerprint density at radius 1 is 1.17 bits per heavy atom. The first-order chi connectivity index (χ1) is 8.81. The van der Waals surface area contributed by atoms with Crippen LogP contribution in [0.1, 0.15) is 12.5 Å². The molecule has 2 aromatic rings. The van der Waals surface area contributed by atoms with Crippen molar-refractivity contribution in [3.8, 4) is 0 Å². The number of rotatable bonds is 6. The average Bonchev–Trinajstić information content (AvgIpc) is 2.38. The van der Waals surface area contributed by atoms with Crippen molar-refractivity contribution < 1.29 is 0 Å². The minimum atomic E-state index is -0.0443. The molecule has 0 fully saturated rings. The molecule has 0 bridgehead atoms. The van der Waals surface area contributed by atoms with Gasteiger partial charge in [-0.3, -0.25) is 4.79 Å². The first-order valence-corrected chi connectivity index (χ1v) is 6.33. The van der Waals surface area contributed by atoms with Crippen LogP contribution in [-0.4, -0.2) is 24.6 Å². The second-order valence-corrected chi connectivity index (χ2v) is 4.23. The highest BCUT2D eigenvalue weighted by molar-refractivity contribution is 5.81. The number of aromatic nitrogens is 1. The van der Waals surface area contributed by atoms with Gasteiger partial charge in [0.25, 0.3) is 0 Å². The number of nitrogens with one attached hydrogen (secondary N) is 3. The van der Waals surface area contributed by atoms with Crippen LogP contribution >= 0.6 is 0 Å². The maximum absolute atomic E-state index is 11.5. The summed E-state index contributed by atoms with van der Waals surface area (Å²) >= 11 is 0. The topological polar surface area (TPSA) is 56.9 Å². The van der Waals surface area contributed by atoms with Crippen LogP contribution in [0.2, 0.25) is 0 Å². The van der Waals surface area contributed by atoms with Gasteiger partial charge in [0.2, 0.25) is 5.56 Å². The van der Waals surface area contributed by atoms with Crippen LogP contribution in [0.25, 0.3) is 10.9 Å². The van der Waals surface area contributed by atoms with Crippen molar-refractivity contribution >= 4 is 10.9 Å². The van der Waals surface area contributed by atoms with E-state index in [2.05, 4.69) is 22.5 Å². The summed E-state index contributed by atoms with van der Waals surface area (Å²) in [5.41, 5.74) is 1.90. The second kappa shape index (κ2) is 6.33. The molecule has 0 aliphatic heterocycles. The Morgan fingerprint density at radius 2 is 1.94 bits per heavy atom. The smallest absolute Gasteiger partial charge is 0.248 e. The van der Waals surface area contributed by atoms with Crippen LogP contribution in [-0.2, 0) is 6.54 Å². The predicted molar refractivity (Wildman–Crippen MR) is 74.8 cm³/mol. The van der Waals surface area contributed by atoms with Crippen LogP contribution in [0.3, 0.4) is 0 Å². The molecule has 0 atom stereocenters. The van der Waals surface area contributed by atoms with E-state index < -0.39 is 0 Å². The molecule has 4 heteroatoms. The monoisotopic (exact) mass is 245 g/mol. The van der Waals surface area contributed by atoms with Gasteiger partial charge in [-0.25, -0.2) is 0 Å². The van der Waals surface area contributed by atoms with E-state index in [0.717, 1.165) is 42.6 Å². The maximum Gasteiger partial charge on any atom is 0.248 e. The molecular weight excluding hydrogens is 226 g/mol. The normalized spacial score (nSPS) is 10.9. The molecule has 0 aliphatic carbocycles. The molecule has 0 saturated carbocycles. The Bertz CT molecular complexity index is 562. The van der Waals surface area contributed by atoms with Crippen molar-refractivity contribution in [2.75, 3.05) is 19.6 Å². The van der Waals surface area contributed by atoms with Crippen molar-refractivity contribution in [1.29, 1.82) is 0 Å². The van der Waals surface area contributed by atoms with Gasteiger partial charge in [0.15, 0.2) is 0 Å². The molecule has 96 valence electrons. The fourth-order valence-electron chi connectivity index (χ4n) is 2.00. The fraction of sp³-hybridized carbons (Fsp3) is 0.357. The maximum atomic E-state index is 11.5. The molecule has 0 radical (unpaired) electrons. The summed E-state index contributed by atoms with van der Waals surface area (Å²) in [6.45, 7) is 5.63. The first kappa shape index (κ1) is 12.8. The number of hydrogen-bond acceptors (Lipinski definition) is 3. The van der Waals surface area contributed by atoms with Gasteiger partial charge in [-0.05, 0) is 18.2 Å². The third-order valence-corrected chi connectivity index (χ3v) is 2.88. The van der Waals surface area contributed by atoms with Gasteiger partial charge in [-0.2, -0.15) is 0 Å². The van der Waals surface area contributed by atoms with Crippen molar-refractivity contribution in [1.82, 2.24) is 15.6 Å². The lowest BCUT2D eigenvalue weighted by molar-refractivity contribution is 0.626. The number of para-hydroxylation sites is 1. The molecule has 4 nitrogen and oxygen atoms in total. The van der Waals surface area contributed by atoms with Gasteiger partial charge in [-0.1, -0.05) is 25.1 Å². The lowest BCUT2D eigenvalue weighted by atomic mass is 10.1. The SMILES string of the molecule is CCNCCNCc1cc(=O)[nH]c2ccccc12.